The second-order valence-corrected chi connectivity index (χ2v) is 15.8. The van der Waals surface area contributed by atoms with Crippen molar-refractivity contribution in [3.63, 3.8) is 0 Å². The lowest BCUT2D eigenvalue weighted by atomic mass is 10.3. The molecule has 0 saturated heterocycles. The smallest absolute Gasteiger partial charge is 0.469 e. The van der Waals surface area contributed by atoms with Crippen LogP contribution in [0.2, 0.25) is 0 Å². The van der Waals surface area contributed by atoms with E-state index in [2.05, 4.69) is 0 Å². The predicted molar refractivity (Wildman–Crippen MR) is 143 cm³/mol. The van der Waals surface area contributed by atoms with Gasteiger partial charge in [-0.25, -0.2) is 0 Å². The Bertz CT molecular complexity index is 1450. The first-order valence-corrected chi connectivity index (χ1v) is 16.2. The van der Waals surface area contributed by atoms with Crippen molar-refractivity contribution in [2.75, 3.05) is 27.5 Å². The highest BCUT2D eigenvalue weighted by Crippen LogP contribution is 2.64. The van der Waals surface area contributed by atoms with Crippen LogP contribution >= 0.6 is 7.26 Å². The fraction of sp³-hybridized carbons (Fsp3) is 0.240. The summed E-state index contributed by atoms with van der Waals surface area (Å²) in [7, 11) is -14.9. The molecule has 16 heteroatoms. The van der Waals surface area contributed by atoms with Crippen molar-refractivity contribution in [2.45, 2.75) is 11.0 Å². The summed E-state index contributed by atoms with van der Waals surface area (Å²) in [6, 6.07) is 16.6. The Morgan fingerprint density at radius 1 is 0.585 bits per heavy atom. The summed E-state index contributed by atoms with van der Waals surface area (Å²) < 4.78 is 148. The minimum absolute atomic E-state index is 0.0641. The van der Waals surface area contributed by atoms with E-state index in [0.717, 1.165) is 0 Å². The van der Waals surface area contributed by atoms with E-state index in [9.17, 15) is 43.2 Å². The third-order valence-electron chi connectivity index (χ3n) is 6.06. The van der Waals surface area contributed by atoms with Crippen LogP contribution < -0.4 is 30.1 Å². The average molecular weight is 645 g/mol. The molecule has 7 nitrogen and oxygen atoms in total. The van der Waals surface area contributed by atoms with Crippen LogP contribution in [0.25, 0.3) is 0 Å². The van der Waals surface area contributed by atoms with E-state index >= 15 is 0 Å². The number of ether oxygens (including phenoxy) is 3. The normalized spacial score (nSPS) is 13.2. The van der Waals surface area contributed by atoms with E-state index in [1.165, 1.54) is 94.1 Å². The Morgan fingerprint density at radius 3 is 1.10 bits per heavy atom. The molecule has 0 fully saturated rings. The summed E-state index contributed by atoms with van der Waals surface area (Å²) >= 11 is 0. The van der Waals surface area contributed by atoms with Gasteiger partial charge in [-0.2, -0.15) is 26.3 Å². The van der Waals surface area contributed by atoms with Gasteiger partial charge >= 0.3 is 11.0 Å². The SMILES string of the molecule is COc1ccccc1[P+](C[C-](S(=O)(=O)C(F)(F)F)S(=O)(=O)C(F)(F)F)(c1ccccc1OC)c1ccccc1OC. The molecule has 3 rings (SSSR count). The predicted octanol–water partition coefficient (Wildman–Crippen LogP) is 4.36. The van der Waals surface area contributed by atoms with Gasteiger partial charge in [0.1, 0.15) is 35.6 Å². The monoisotopic (exact) mass is 644 g/mol. The van der Waals surface area contributed by atoms with Gasteiger partial charge in [0.15, 0.2) is 17.2 Å². The van der Waals surface area contributed by atoms with Crippen LogP contribution in [0.5, 0.6) is 17.2 Å². The zero-order valence-electron chi connectivity index (χ0n) is 21.5. The van der Waals surface area contributed by atoms with Crippen LogP contribution in [-0.4, -0.2) is 55.3 Å². The standard InChI is InChI=1S/C25H23F6O7PS2/c1-36-17-10-4-7-13-20(17)39(21-14-8-5-11-18(21)37-2,22-15-9-6-12-19(22)38-3)16-23(40(32,33)24(26,27)28)41(34,35)25(29,30)31/h4-15H,16H2,1-3H3. The molecule has 0 aromatic heterocycles. The first-order chi connectivity index (χ1) is 19.0. The van der Waals surface area contributed by atoms with Crippen molar-refractivity contribution in [3.05, 3.63) is 77.4 Å². The number of benzene rings is 3. The van der Waals surface area contributed by atoms with Crippen molar-refractivity contribution in [1.29, 1.82) is 0 Å². The Labute approximate surface area is 233 Å². The lowest BCUT2D eigenvalue weighted by molar-refractivity contribution is -0.0453. The van der Waals surface area contributed by atoms with Gasteiger partial charge in [0.05, 0.1) is 28.6 Å². The minimum Gasteiger partial charge on any atom is -0.493 e. The van der Waals surface area contributed by atoms with E-state index in [1.807, 2.05) is 0 Å². The molecule has 0 radical (unpaired) electrons. The quantitative estimate of drug-likeness (QED) is 0.184. The van der Waals surface area contributed by atoms with Crippen LogP contribution in [0.1, 0.15) is 0 Å². The molecular formula is C25H23F6O7PS2. The molecule has 0 spiro atoms. The molecular weight excluding hydrogens is 621 g/mol. The average Bonchev–Trinajstić information content (AvgIpc) is 2.92. The topological polar surface area (TPSA) is 96.0 Å². The second kappa shape index (κ2) is 11.7. The maximum absolute atomic E-state index is 13.9. The Kier molecular flexibility index (Phi) is 9.26. The van der Waals surface area contributed by atoms with Crippen LogP contribution in [0, 0.1) is 4.58 Å². The van der Waals surface area contributed by atoms with Gasteiger partial charge in [-0.15, -0.1) is 0 Å². The molecule has 3 aromatic rings. The van der Waals surface area contributed by atoms with Gasteiger partial charge in [-0.3, -0.25) is 16.8 Å². The molecule has 0 aliphatic carbocycles. The molecule has 0 N–H and O–H groups in total. The first-order valence-electron chi connectivity index (χ1n) is 11.3. The number of hydrogen-bond acceptors (Lipinski definition) is 7. The highest BCUT2D eigenvalue weighted by Gasteiger charge is 2.60. The maximum atomic E-state index is 13.9. The van der Waals surface area contributed by atoms with Crippen molar-refractivity contribution in [1.82, 2.24) is 0 Å². The van der Waals surface area contributed by atoms with Crippen LogP contribution in [-0.2, 0) is 19.7 Å². The molecule has 0 amide bonds. The van der Waals surface area contributed by atoms with Crippen molar-refractivity contribution < 1.29 is 57.4 Å². The van der Waals surface area contributed by atoms with Crippen molar-refractivity contribution in [2.24, 2.45) is 0 Å². The van der Waals surface area contributed by atoms with Gasteiger partial charge in [-0.05, 0) is 47.1 Å². The van der Waals surface area contributed by atoms with Gasteiger partial charge in [-0.1, -0.05) is 36.4 Å². The molecule has 0 aliphatic heterocycles. The van der Waals surface area contributed by atoms with Crippen LogP contribution in [0.15, 0.2) is 72.8 Å². The minimum atomic E-state index is -7.08. The summed E-state index contributed by atoms with van der Waals surface area (Å²) in [5, 5.41) is -0.198. The number of para-hydroxylation sites is 3. The van der Waals surface area contributed by atoms with Crippen molar-refractivity contribution >= 4 is 42.9 Å². The molecule has 3 aromatic carbocycles. The van der Waals surface area contributed by atoms with Crippen molar-refractivity contribution in [3.8, 4) is 17.2 Å². The van der Waals surface area contributed by atoms with Crippen LogP contribution in [0.4, 0.5) is 26.3 Å². The number of sulfone groups is 2. The Balaban J connectivity index is 2.69. The van der Waals surface area contributed by atoms with E-state index in [1.54, 1.807) is 0 Å². The molecule has 0 saturated carbocycles. The number of hydrogen-bond donors (Lipinski definition) is 0. The van der Waals surface area contributed by atoms with Gasteiger partial charge < -0.3 is 14.2 Å². The lowest BCUT2D eigenvalue weighted by Crippen LogP contribution is -2.45. The number of halogens is 6. The van der Waals surface area contributed by atoms with Gasteiger partial charge in [0, 0.05) is 0 Å². The van der Waals surface area contributed by atoms with E-state index in [4.69, 9.17) is 14.2 Å². The molecule has 0 unspecified atom stereocenters. The number of rotatable bonds is 10. The summed E-state index contributed by atoms with van der Waals surface area (Å²) in [4.78, 5) is 0. The molecule has 0 atom stereocenters. The third kappa shape index (κ3) is 5.71. The maximum Gasteiger partial charge on any atom is 0.469 e. The molecule has 0 bridgehead atoms. The Hall–Kier alpha value is -3.03. The Morgan fingerprint density at radius 2 is 0.854 bits per heavy atom. The van der Waals surface area contributed by atoms with E-state index < -0.39 is 48.7 Å². The van der Waals surface area contributed by atoms with E-state index in [-0.39, 0.29) is 33.2 Å². The summed E-state index contributed by atoms with van der Waals surface area (Å²) in [5.41, 5.74) is -12.8. The fourth-order valence-corrected chi connectivity index (χ4v) is 13.3. The summed E-state index contributed by atoms with van der Waals surface area (Å²) in [5.74, 6) is -0.192. The van der Waals surface area contributed by atoms with E-state index in [0.29, 0.717) is 0 Å². The second-order valence-electron chi connectivity index (χ2n) is 8.25. The molecule has 0 heterocycles. The molecule has 0 aliphatic rings. The fourth-order valence-electron chi connectivity index (χ4n) is 4.25. The van der Waals surface area contributed by atoms with Gasteiger partial charge in [0.25, 0.3) is 0 Å². The molecule has 41 heavy (non-hydrogen) atoms. The zero-order valence-corrected chi connectivity index (χ0v) is 24.1. The lowest BCUT2D eigenvalue weighted by Gasteiger charge is -2.38. The highest BCUT2D eigenvalue weighted by molar-refractivity contribution is 8.14. The third-order valence-corrected chi connectivity index (χ3v) is 14.9. The summed E-state index contributed by atoms with van der Waals surface area (Å²) in [6.45, 7) is 0. The number of methoxy groups -OCH3 is 3. The van der Waals surface area contributed by atoms with Gasteiger partial charge in [0.2, 0.25) is 0 Å². The van der Waals surface area contributed by atoms with Crippen LogP contribution in [0.3, 0.4) is 0 Å². The highest BCUT2D eigenvalue weighted by atomic mass is 32.3. The largest absolute Gasteiger partial charge is 0.493 e. The molecule has 224 valence electrons. The zero-order chi connectivity index (χ0) is 30.9. The number of alkyl halides is 6. The first kappa shape index (κ1) is 32.5. The summed E-state index contributed by atoms with van der Waals surface area (Å²) in [6.07, 6.45) is -1.77.